The van der Waals surface area contributed by atoms with E-state index in [9.17, 15) is 0 Å². The van der Waals surface area contributed by atoms with Gasteiger partial charge in [-0.25, -0.2) is 0 Å². The Morgan fingerprint density at radius 2 is 1.18 bits per heavy atom. The second kappa shape index (κ2) is 15.3. The largest absolute Gasteiger partial charge is 0.481 e. The van der Waals surface area contributed by atoms with E-state index in [0.29, 0.717) is 0 Å². The van der Waals surface area contributed by atoms with Crippen molar-refractivity contribution in [2.75, 3.05) is 0 Å². The van der Waals surface area contributed by atoms with Crippen LogP contribution in [0.4, 0.5) is 0 Å². The first-order valence-electron chi connectivity index (χ1n) is 5.85. The molecule has 2 aromatic rings. The quantitative estimate of drug-likeness (QED) is 0.501. The maximum absolute atomic E-state index is 9.00. The van der Waals surface area contributed by atoms with Gasteiger partial charge in [0.2, 0.25) is 0 Å². The molecule has 0 aliphatic carbocycles. The van der Waals surface area contributed by atoms with E-state index in [2.05, 4.69) is 42.5 Å². The smallest absolute Gasteiger partial charge is 0.300 e. The monoisotopic (exact) mass is 343 g/mol. The van der Waals surface area contributed by atoms with Gasteiger partial charge in [-0.05, 0) is 0 Å². The van der Waals surface area contributed by atoms with Crippen LogP contribution < -0.4 is 0 Å². The standard InChI is InChI=1S/C9H7.3C2H4O2.Ti/c1-2-5-9-7-3-6-8(9)4-1;3*1-2(3)4;/h1-7H;3*1H3,(H,3,4);/q-1;;;;. The van der Waals surface area contributed by atoms with E-state index >= 15 is 0 Å². The zero-order valence-electron chi connectivity index (χ0n) is 12.6. The van der Waals surface area contributed by atoms with Gasteiger partial charge in [0.05, 0.1) is 0 Å². The molecule has 0 atom stereocenters. The van der Waals surface area contributed by atoms with Crippen LogP contribution in [0.1, 0.15) is 20.8 Å². The van der Waals surface area contributed by atoms with Crippen LogP contribution >= 0.6 is 0 Å². The maximum atomic E-state index is 9.00. The fourth-order valence-corrected chi connectivity index (χ4v) is 1.07. The van der Waals surface area contributed by atoms with Crippen molar-refractivity contribution in [3.05, 3.63) is 42.5 Å². The molecule has 3 N–H and O–H groups in total. The van der Waals surface area contributed by atoms with Crippen molar-refractivity contribution < 1.29 is 51.4 Å². The van der Waals surface area contributed by atoms with E-state index in [4.69, 9.17) is 29.7 Å². The van der Waals surface area contributed by atoms with Crippen molar-refractivity contribution in [1.29, 1.82) is 0 Å². The van der Waals surface area contributed by atoms with Crippen molar-refractivity contribution in [1.82, 2.24) is 0 Å². The summed E-state index contributed by atoms with van der Waals surface area (Å²) in [5.74, 6) is -2.50. The number of carboxylic acid groups (broad SMARTS) is 3. The van der Waals surface area contributed by atoms with Crippen LogP contribution in [0.2, 0.25) is 0 Å². The first kappa shape index (κ1) is 24.9. The zero-order chi connectivity index (χ0) is 16.8. The molecular formula is C15H19O6Ti-. The van der Waals surface area contributed by atoms with Crippen LogP contribution in [0, 0.1) is 0 Å². The molecule has 0 saturated carbocycles. The molecule has 22 heavy (non-hydrogen) atoms. The van der Waals surface area contributed by atoms with E-state index in [-0.39, 0.29) is 21.7 Å². The van der Waals surface area contributed by atoms with E-state index in [0.717, 1.165) is 20.8 Å². The van der Waals surface area contributed by atoms with Crippen molar-refractivity contribution in [3.63, 3.8) is 0 Å². The average Bonchev–Trinajstić information content (AvgIpc) is 2.74. The van der Waals surface area contributed by atoms with Gasteiger partial charge in [-0.3, -0.25) is 14.4 Å². The van der Waals surface area contributed by atoms with Gasteiger partial charge in [0.25, 0.3) is 17.9 Å². The molecule has 0 radical (unpaired) electrons. The predicted octanol–water partition coefficient (Wildman–Crippen LogP) is 2.83. The number of benzene rings is 1. The molecule has 2 aromatic carbocycles. The summed E-state index contributed by atoms with van der Waals surface area (Å²) in [6, 6.07) is 14.7. The second-order valence-corrected chi connectivity index (χ2v) is 3.71. The van der Waals surface area contributed by atoms with Gasteiger partial charge in [0.15, 0.2) is 0 Å². The Labute approximate surface area is 143 Å². The molecule has 0 saturated heterocycles. The van der Waals surface area contributed by atoms with Crippen LogP contribution in [-0.4, -0.2) is 33.2 Å². The fraction of sp³-hybridized carbons (Fsp3) is 0.200. The molecule has 7 heteroatoms. The molecule has 0 aliphatic rings. The predicted molar refractivity (Wildman–Crippen MR) is 79.5 cm³/mol. The summed E-state index contributed by atoms with van der Waals surface area (Å²) in [4.78, 5) is 27.0. The average molecular weight is 343 g/mol. The SMILES string of the molecule is CC(=O)O.CC(=O)O.CC(=O)O.[Ti].c1ccc2[cH-]ccc2c1. The Morgan fingerprint density at radius 1 is 0.818 bits per heavy atom. The molecule has 120 valence electrons. The molecule has 0 unspecified atom stereocenters. The van der Waals surface area contributed by atoms with Crippen molar-refractivity contribution in [2.45, 2.75) is 20.8 Å². The Bertz CT molecular complexity index is 491. The van der Waals surface area contributed by atoms with Gasteiger partial charge >= 0.3 is 0 Å². The molecule has 0 amide bonds. The molecule has 0 spiro atoms. The third kappa shape index (κ3) is 23.1. The van der Waals surface area contributed by atoms with Crippen molar-refractivity contribution in [3.8, 4) is 0 Å². The second-order valence-electron chi connectivity index (χ2n) is 3.71. The molecule has 0 fully saturated rings. The summed E-state index contributed by atoms with van der Waals surface area (Å²) in [6.07, 6.45) is 0. The van der Waals surface area contributed by atoms with Gasteiger partial charge in [-0.1, -0.05) is 6.07 Å². The summed E-state index contributed by atoms with van der Waals surface area (Å²) in [5, 5.41) is 24.9. The van der Waals surface area contributed by atoms with Crippen LogP contribution in [0.5, 0.6) is 0 Å². The summed E-state index contributed by atoms with van der Waals surface area (Å²) in [7, 11) is 0. The van der Waals surface area contributed by atoms with Gasteiger partial charge in [-0.2, -0.15) is 17.5 Å². The molecule has 0 aromatic heterocycles. The molecule has 6 nitrogen and oxygen atoms in total. The normalized spacial score (nSPS) is 7.59. The minimum atomic E-state index is -0.833. The summed E-state index contributed by atoms with van der Waals surface area (Å²) in [6.45, 7) is 3.25. The van der Waals surface area contributed by atoms with Gasteiger partial charge in [0.1, 0.15) is 0 Å². The Hall–Kier alpha value is -2.05. The van der Waals surface area contributed by atoms with Gasteiger partial charge in [-0.15, -0.1) is 29.7 Å². The molecule has 0 heterocycles. The molecule has 2 rings (SSSR count). The Morgan fingerprint density at radius 3 is 1.55 bits per heavy atom. The zero-order valence-corrected chi connectivity index (χ0v) is 14.2. The Balaban J connectivity index is -0.000000241. The fourth-order valence-electron chi connectivity index (χ4n) is 1.07. The van der Waals surface area contributed by atoms with Gasteiger partial charge in [0, 0.05) is 42.5 Å². The first-order valence-corrected chi connectivity index (χ1v) is 5.85. The summed E-state index contributed by atoms with van der Waals surface area (Å²) in [5.41, 5.74) is 0. The third-order valence-corrected chi connectivity index (χ3v) is 1.55. The van der Waals surface area contributed by atoms with Crippen LogP contribution in [0.25, 0.3) is 10.8 Å². The summed E-state index contributed by atoms with van der Waals surface area (Å²) < 4.78 is 0. The number of rotatable bonds is 0. The number of hydrogen-bond acceptors (Lipinski definition) is 3. The maximum Gasteiger partial charge on any atom is 0.300 e. The van der Waals surface area contributed by atoms with Crippen molar-refractivity contribution >= 4 is 28.7 Å². The number of fused-ring (bicyclic) bond motifs is 1. The van der Waals surface area contributed by atoms with Gasteiger partial charge < -0.3 is 15.3 Å². The molecule has 0 aliphatic heterocycles. The van der Waals surface area contributed by atoms with Crippen molar-refractivity contribution in [2.24, 2.45) is 0 Å². The minimum Gasteiger partial charge on any atom is -0.481 e. The van der Waals surface area contributed by atoms with E-state index in [1.165, 1.54) is 10.8 Å². The number of hydrogen-bond donors (Lipinski definition) is 3. The van der Waals surface area contributed by atoms with Crippen LogP contribution in [0.15, 0.2) is 42.5 Å². The van der Waals surface area contributed by atoms with Crippen LogP contribution in [0.3, 0.4) is 0 Å². The molecule has 0 bridgehead atoms. The molecular weight excluding hydrogens is 324 g/mol. The van der Waals surface area contributed by atoms with E-state index in [1.54, 1.807) is 0 Å². The first-order chi connectivity index (χ1) is 9.66. The topological polar surface area (TPSA) is 112 Å². The van der Waals surface area contributed by atoms with Crippen LogP contribution in [-0.2, 0) is 36.1 Å². The minimum absolute atomic E-state index is 0. The summed E-state index contributed by atoms with van der Waals surface area (Å²) >= 11 is 0. The number of carboxylic acids is 3. The van der Waals surface area contributed by atoms with E-state index < -0.39 is 17.9 Å². The number of carbonyl (C=O) groups is 3. The van der Waals surface area contributed by atoms with E-state index in [1.807, 2.05) is 0 Å². The number of aliphatic carboxylic acids is 3. The Kier molecular flexibility index (Phi) is 17.4. The third-order valence-electron chi connectivity index (χ3n) is 1.55.